The van der Waals surface area contributed by atoms with E-state index in [2.05, 4.69) is 43.1 Å². The van der Waals surface area contributed by atoms with Crippen molar-refractivity contribution in [2.75, 3.05) is 0 Å². The number of aromatic amines is 2. The molecule has 0 saturated carbocycles. The number of aromatic nitrogens is 6. The van der Waals surface area contributed by atoms with Crippen LogP contribution in [0.4, 0.5) is 4.39 Å². The van der Waals surface area contributed by atoms with E-state index in [0.717, 1.165) is 55.2 Å². The quantitative estimate of drug-likeness (QED) is 0.102. The summed E-state index contributed by atoms with van der Waals surface area (Å²) in [7, 11) is 1.81. The molecule has 6 aromatic heterocycles. The molecule has 9 rings (SSSR count). The Labute approximate surface area is 370 Å². The van der Waals surface area contributed by atoms with Crippen LogP contribution in [0.5, 0.6) is 0 Å². The molecule has 3 amide bonds. The summed E-state index contributed by atoms with van der Waals surface area (Å²) in [5.41, 5.74) is 28.2. The molecule has 0 aliphatic heterocycles. The number of carbonyl (C=O) groups is 3. The first-order valence-electron chi connectivity index (χ1n) is 19.6. The number of aryl methyl sites for hydroxylation is 4. The maximum Gasteiger partial charge on any atom is 0.265 e. The molecule has 0 aliphatic carbocycles. The number of benzene rings is 3. The highest BCUT2D eigenvalue weighted by molar-refractivity contribution is 6.07. The van der Waals surface area contributed by atoms with Crippen LogP contribution < -0.4 is 17.2 Å². The van der Waals surface area contributed by atoms with Crippen molar-refractivity contribution in [1.82, 2.24) is 29.5 Å². The van der Waals surface area contributed by atoms with Gasteiger partial charge in [0.25, 0.3) is 17.7 Å². The van der Waals surface area contributed by atoms with E-state index in [-0.39, 0.29) is 5.69 Å². The molecule has 0 atom stereocenters. The topological polar surface area (TPSA) is 276 Å². The fourth-order valence-electron chi connectivity index (χ4n) is 7.97. The number of hydrogen-bond acceptors (Lipinski definition) is 9. The van der Waals surface area contributed by atoms with Gasteiger partial charge in [0.1, 0.15) is 17.1 Å². The SMILES string of the molecule is Cc1c(C(N)=O)[nH]c2c(-c3ccnc(F)c3)cc(C#N)cc12.Cc1c(C(N)=O)[nH]c2c(-c3ccncc3)cc(C#N)cc12.Cc1c(C(N)=O)n(C)c2c(-c3ccncc3)cc(C#N)cc12. The minimum Gasteiger partial charge on any atom is -0.364 e. The van der Waals surface area contributed by atoms with Crippen LogP contribution in [0, 0.1) is 60.7 Å². The molecule has 0 unspecified atom stereocenters. The summed E-state index contributed by atoms with van der Waals surface area (Å²) in [6.45, 7) is 5.41. The average molecular weight is 861 g/mol. The molecule has 3 aromatic carbocycles. The van der Waals surface area contributed by atoms with Crippen molar-refractivity contribution in [3.8, 4) is 51.6 Å². The summed E-state index contributed by atoms with van der Waals surface area (Å²) in [6, 6.07) is 27.3. The van der Waals surface area contributed by atoms with Gasteiger partial charge in [-0.05, 0) is 121 Å². The van der Waals surface area contributed by atoms with Crippen molar-refractivity contribution in [2.24, 2.45) is 24.2 Å². The maximum absolute atomic E-state index is 13.4. The van der Waals surface area contributed by atoms with Crippen LogP contribution in [0.25, 0.3) is 66.1 Å². The number of nitrogens with one attached hydrogen (secondary N) is 2. The van der Waals surface area contributed by atoms with Crippen molar-refractivity contribution >= 4 is 50.4 Å². The number of halogens is 1. The van der Waals surface area contributed by atoms with Gasteiger partial charge in [0, 0.05) is 76.9 Å². The smallest absolute Gasteiger partial charge is 0.265 e. The molecule has 0 fully saturated rings. The van der Waals surface area contributed by atoms with Crippen molar-refractivity contribution in [3.63, 3.8) is 0 Å². The highest BCUT2D eigenvalue weighted by Crippen LogP contribution is 2.36. The van der Waals surface area contributed by atoms with Crippen molar-refractivity contribution in [1.29, 1.82) is 15.8 Å². The average Bonchev–Trinajstić information content (AvgIpc) is 3.93. The van der Waals surface area contributed by atoms with Gasteiger partial charge in [0.05, 0.1) is 51.4 Å². The molecule has 15 nitrogen and oxygen atoms in total. The highest BCUT2D eigenvalue weighted by atomic mass is 19.1. The molecule has 0 saturated heterocycles. The summed E-state index contributed by atoms with van der Waals surface area (Å²) in [5, 5.41) is 30.1. The number of primary amides is 3. The number of nitriles is 3. The van der Waals surface area contributed by atoms with Crippen molar-refractivity contribution in [3.05, 3.63) is 160 Å². The van der Waals surface area contributed by atoms with Crippen LogP contribution in [0.2, 0.25) is 0 Å². The van der Waals surface area contributed by atoms with E-state index in [0.29, 0.717) is 55.7 Å². The predicted molar refractivity (Wildman–Crippen MR) is 243 cm³/mol. The molecule has 0 radical (unpaired) electrons. The molecular weight excluding hydrogens is 824 g/mol. The Balaban J connectivity index is 0.000000145. The van der Waals surface area contributed by atoms with E-state index in [9.17, 15) is 34.6 Å². The Morgan fingerprint density at radius 3 is 1.42 bits per heavy atom. The zero-order valence-electron chi connectivity index (χ0n) is 35.3. The lowest BCUT2D eigenvalue weighted by Gasteiger charge is -2.08. The normalized spacial score (nSPS) is 10.6. The van der Waals surface area contributed by atoms with Gasteiger partial charge in [-0.3, -0.25) is 24.4 Å². The Morgan fingerprint density at radius 2 is 0.985 bits per heavy atom. The zero-order valence-corrected chi connectivity index (χ0v) is 35.3. The van der Waals surface area contributed by atoms with Crippen LogP contribution in [0.15, 0.2) is 104 Å². The zero-order chi connectivity index (χ0) is 46.7. The number of carbonyl (C=O) groups excluding carboxylic acids is 3. The highest BCUT2D eigenvalue weighted by Gasteiger charge is 2.21. The van der Waals surface area contributed by atoms with Crippen LogP contribution in [0.3, 0.4) is 0 Å². The molecule has 9 aromatic rings. The molecule has 318 valence electrons. The molecule has 65 heavy (non-hydrogen) atoms. The van der Waals surface area contributed by atoms with Crippen molar-refractivity contribution in [2.45, 2.75) is 20.8 Å². The molecule has 6 heterocycles. The molecule has 0 spiro atoms. The van der Waals surface area contributed by atoms with Gasteiger partial charge in [-0.2, -0.15) is 20.2 Å². The van der Waals surface area contributed by atoms with Gasteiger partial charge in [-0.25, -0.2) is 4.98 Å². The molecule has 16 heteroatoms. The minimum atomic E-state index is -0.619. The van der Waals surface area contributed by atoms with Gasteiger partial charge in [0.15, 0.2) is 0 Å². The van der Waals surface area contributed by atoms with E-state index in [1.807, 2.05) is 51.2 Å². The van der Waals surface area contributed by atoms with E-state index in [1.54, 1.807) is 72.7 Å². The number of hydrogen-bond donors (Lipinski definition) is 5. The molecule has 0 bridgehead atoms. The fraction of sp³-hybridized carbons (Fsp3) is 0.0816. The van der Waals surface area contributed by atoms with Crippen LogP contribution in [-0.2, 0) is 7.05 Å². The second-order valence-electron chi connectivity index (χ2n) is 14.9. The summed E-state index contributed by atoms with van der Waals surface area (Å²) in [4.78, 5) is 52.3. The third-order valence-electron chi connectivity index (χ3n) is 11.0. The first-order chi connectivity index (χ1) is 31.2. The summed E-state index contributed by atoms with van der Waals surface area (Å²) >= 11 is 0. The predicted octanol–water partition coefficient (Wildman–Crippen LogP) is 7.68. The fourth-order valence-corrected chi connectivity index (χ4v) is 7.97. The molecule has 8 N–H and O–H groups in total. The molecule has 0 aliphatic rings. The Bertz CT molecular complexity index is 3510. The first-order valence-corrected chi connectivity index (χ1v) is 19.6. The third-order valence-corrected chi connectivity index (χ3v) is 11.0. The van der Waals surface area contributed by atoms with Gasteiger partial charge < -0.3 is 31.7 Å². The van der Waals surface area contributed by atoms with E-state index in [1.165, 1.54) is 12.3 Å². The maximum atomic E-state index is 13.4. The number of H-pyrrole nitrogens is 2. The number of rotatable bonds is 6. The van der Waals surface area contributed by atoms with Gasteiger partial charge in [-0.15, -0.1) is 0 Å². The summed E-state index contributed by atoms with van der Waals surface area (Å²) in [6.07, 6.45) is 8.12. The molecular formula is C49H37FN12O3. The van der Waals surface area contributed by atoms with Gasteiger partial charge in [-0.1, -0.05) is 0 Å². The first kappa shape index (κ1) is 43.6. The monoisotopic (exact) mass is 860 g/mol. The van der Waals surface area contributed by atoms with Crippen LogP contribution in [0.1, 0.15) is 64.8 Å². The minimum absolute atomic E-state index is 0.279. The second kappa shape index (κ2) is 17.9. The summed E-state index contributed by atoms with van der Waals surface area (Å²) in [5.74, 6) is -2.19. The lowest BCUT2D eigenvalue weighted by molar-refractivity contribution is 0.0985. The second-order valence-corrected chi connectivity index (χ2v) is 14.9. The number of fused-ring (bicyclic) bond motifs is 3. The Hall–Kier alpha value is -9.46. The van der Waals surface area contributed by atoms with Crippen LogP contribution >= 0.6 is 0 Å². The third kappa shape index (κ3) is 8.32. The Kier molecular flexibility index (Phi) is 12.0. The summed E-state index contributed by atoms with van der Waals surface area (Å²) < 4.78 is 15.2. The standard InChI is InChI=1S/C17H14N4O.C16H11FN4O.C16H12N4O/c1-10-13-7-11(9-18)8-14(12-3-5-20-6-4-12)16(13)21(2)15(10)17(19)22;1-8-11-4-9(7-18)5-12(10-2-3-20-13(17)6-10)15(11)21-14(8)16(19)22;1-9-12-6-10(8-17)7-13(11-2-4-19-5-3-11)15(12)20-14(9)16(18)21/h3-8H,1-2H3,(H2,19,22);2-6,21H,1H3,(H2,19,22);2-7,20H,1H3,(H2,18,21). The number of pyridine rings is 3. The van der Waals surface area contributed by atoms with Crippen molar-refractivity contribution < 1.29 is 18.8 Å². The number of nitrogens with zero attached hydrogens (tertiary/aromatic N) is 7. The van der Waals surface area contributed by atoms with Gasteiger partial charge in [0.2, 0.25) is 5.95 Å². The van der Waals surface area contributed by atoms with Gasteiger partial charge >= 0.3 is 0 Å². The van der Waals surface area contributed by atoms with Crippen LogP contribution in [-0.4, -0.2) is 47.2 Å². The lowest BCUT2D eigenvalue weighted by Crippen LogP contribution is -2.16. The number of nitrogens with two attached hydrogens (primary N) is 3. The Morgan fingerprint density at radius 1 is 0.569 bits per heavy atom. The lowest BCUT2D eigenvalue weighted by atomic mass is 9.99. The van der Waals surface area contributed by atoms with E-state index < -0.39 is 23.7 Å². The van der Waals surface area contributed by atoms with E-state index in [4.69, 9.17) is 17.2 Å². The van der Waals surface area contributed by atoms with E-state index >= 15 is 0 Å². The largest absolute Gasteiger partial charge is 0.364 e. The number of amides is 3.